The number of hydrogen-bond donors (Lipinski definition) is 2. The van der Waals surface area contributed by atoms with Crippen LogP contribution in [0.4, 0.5) is 23.0 Å². The number of benzene rings is 1. The van der Waals surface area contributed by atoms with Gasteiger partial charge in [0.2, 0.25) is 0 Å². The number of nitrogens with one attached hydrogen (secondary N) is 2. The topological polar surface area (TPSA) is 53.1 Å². The Morgan fingerprint density at radius 3 is 2.52 bits per heavy atom. The summed E-state index contributed by atoms with van der Waals surface area (Å²) in [5, 5.41) is 6.51. The van der Waals surface area contributed by atoms with Gasteiger partial charge in [0.1, 0.15) is 18.0 Å². The Morgan fingerprint density at radius 1 is 1.13 bits per heavy atom. The summed E-state index contributed by atoms with van der Waals surface area (Å²) in [6, 6.07) is 8.33. The molecule has 0 aliphatic rings. The predicted octanol–water partition coefficient (Wildman–Crippen LogP) is 3.97. The molecule has 23 heavy (non-hydrogen) atoms. The molecule has 5 heteroatoms. The Labute approximate surface area is 138 Å². The SMILES string of the molecule is C=CCNc1cc(Nc2ccc(N(CC)CC)cc2C)ncn1. The molecule has 0 fully saturated rings. The van der Waals surface area contributed by atoms with E-state index in [-0.39, 0.29) is 0 Å². The lowest BCUT2D eigenvalue weighted by Crippen LogP contribution is -2.21. The third-order valence-electron chi connectivity index (χ3n) is 3.70. The second-order valence-corrected chi connectivity index (χ2v) is 5.25. The number of rotatable bonds is 8. The van der Waals surface area contributed by atoms with Crippen molar-refractivity contribution in [3.63, 3.8) is 0 Å². The van der Waals surface area contributed by atoms with Crippen LogP contribution in [0.5, 0.6) is 0 Å². The molecular weight excluding hydrogens is 286 g/mol. The Bertz CT molecular complexity index is 650. The lowest BCUT2D eigenvalue weighted by molar-refractivity contribution is 0.866. The molecule has 2 aromatic rings. The summed E-state index contributed by atoms with van der Waals surface area (Å²) in [5.41, 5.74) is 3.48. The molecule has 122 valence electrons. The summed E-state index contributed by atoms with van der Waals surface area (Å²) in [6.07, 6.45) is 3.35. The average molecular weight is 311 g/mol. The first-order valence-electron chi connectivity index (χ1n) is 7.97. The van der Waals surface area contributed by atoms with E-state index in [1.807, 2.05) is 6.07 Å². The van der Waals surface area contributed by atoms with Crippen molar-refractivity contribution in [2.45, 2.75) is 20.8 Å². The standard InChI is InChI=1S/C18H25N5/c1-5-10-19-17-12-18(21-13-20-17)22-16-9-8-15(11-14(16)4)23(6-2)7-3/h5,8-9,11-13H,1,6-7,10H2,2-4H3,(H2,19,20,21,22). The summed E-state index contributed by atoms with van der Waals surface area (Å²) in [5.74, 6) is 1.55. The molecule has 1 heterocycles. The van der Waals surface area contributed by atoms with Crippen LogP contribution < -0.4 is 15.5 Å². The van der Waals surface area contributed by atoms with Gasteiger partial charge < -0.3 is 15.5 Å². The molecule has 0 saturated heterocycles. The summed E-state index contributed by atoms with van der Waals surface area (Å²) in [7, 11) is 0. The molecule has 0 unspecified atom stereocenters. The van der Waals surface area contributed by atoms with Crippen molar-refractivity contribution in [3.05, 3.63) is 48.8 Å². The van der Waals surface area contributed by atoms with Crippen LogP contribution in [0.1, 0.15) is 19.4 Å². The van der Waals surface area contributed by atoms with Gasteiger partial charge in [0, 0.05) is 37.1 Å². The first-order valence-corrected chi connectivity index (χ1v) is 7.97. The minimum absolute atomic E-state index is 0.675. The van der Waals surface area contributed by atoms with Crippen molar-refractivity contribution in [2.75, 3.05) is 35.2 Å². The number of anilines is 4. The van der Waals surface area contributed by atoms with E-state index in [2.05, 4.69) is 71.1 Å². The van der Waals surface area contributed by atoms with Gasteiger partial charge in [-0.2, -0.15) is 0 Å². The molecule has 0 amide bonds. The lowest BCUT2D eigenvalue weighted by Gasteiger charge is -2.22. The van der Waals surface area contributed by atoms with E-state index in [1.54, 1.807) is 12.4 Å². The smallest absolute Gasteiger partial charge is 0.135 e. The van der Waals surface area contributed by atoms with Crippen LogP contribution >= 0.6 is 0 Å². The Balaban J connectivity index is 2.15. The van der Waals surface area contributed by atoms with E-state index >= 15 is 0 Å². The van der Waals surface area contributed by atoms with Gasteiger partial charge in [0.25, 0.3) is 0 Å². The minimum atomic E-state index is 0.675. The van der Waals surface area contributed by atoms with Crippen LogP contribution in [0.15, 0.2) is 43.2 Å². The molecule has 0 saturated carbocycles. The van der Waals surface area contributed by atoms with E-state index in [1.165, 1.54) is 11.3 Å². The number of nitrogens with zero attached hydrogens (tertiary/aromatic N) is 3. The molecule has 0 aliphatic heterocycles. The van der Waals surface area contributed by atoms with Gasteiger partial charge in [-0.05, 0) is 44.5 Å². The predicted molar refractivity (Wildman–Crippen MR) is 98.7 cm³/mol. The summed E-state index contributed by atoms with van der Waals surface area (Å²) < 4.78 is 0. The van der Waals surface area contributed by atoms with Gasteiger partial charge in [-0.25, -0.2) is 9.97 Å². The van der Waals surface area contributed by atoms with Crippen LogP contribution in [-0.2, 0) is 0 Å². The summed E-state index contributed by atoms with van der Waals surface area (Å²) in [6.45, 7) is 12.8. The minimum Gasteiger partial charge on any atom is -0.372 e. The molecule has 1 aromatic heterocycles. The highest BCUT2D eigenvalue weighted by Gasteiger charge is 2.06. The fourth-order valence-corrected chi connectivity index (χ4v) is 2.41. The van der Waals surface area contributed by atoms with Gasteiger partial charge in [-0.1, -0.05) is 6.08 Å². The molecule has 0 aliphatic carbocycles. The quantitative estimate of drug-likeness (QED) is 0.722. The molecule has 2 N–H and O–H groups in total. The highest BCUT2D eigenvalue weighted by Crippen LogP contribution is 2.25. The van der Waals surface area contributed by atoms with Crippen LogP contribution in [0, 0.1) is 6.92 Å². The van der Waals surface area contributed by atoms with Gasteiger partial charge in [0.05, 0.1) is 0 Å². The van der Waals surface area contributed by atoms with Crippen LogP contribution in [0.25, 0.3) is 0 Å². The molecular formula is C18H25N5. The second-order valence-electron chi connectivity index (χ2n) is 5.25. The van der Waals surface area contributed by atoms with Crippen molar-refractivity contribution in [3.8, 4) is 0 Å². The zero-order chi connectivity index (χ0) is 16.7. The molecule has 5 nitrogen and oxygen atoms in total. The lowest BCUT2D eigenvalue weighted by atomic mass is 10.1. The maximum atomic E-state index is 4.28. The van der Waals surface area contributed by atoms with E-state index in [9.17, 15) is 0 Å². The molecule has 1 aromatic carbocycles. The van der Waals surface area contributed by atoms with Gasteiger partial charge in [-0.15, -0.1) is 6.58 Å². The third kappa shape index (κ3) is 4.45. The van der Waals surface area contributed by atoms with Crippen molar-refractivity contribution >= 4 is 23.0 Å². The number of hydrogen-bond acceptors (Lipinski definition) is 5. The Morgan fingerprint density at radius 2 is 1.87 bits per heavy atom. The highest BCUT2D eigenvalue weighted by atomic mass is 15.1. The van der Waals surface area contributed by atoms with E-state index < -0.39 is 0 Å². The maximum absolute atomic E-state index is 4.28. The van der Waals surface area contributed by atoms with Gasteiger partial charge >= 0.3 is 0 Å². The fourth-order valence-electron chi connectivity index (χ4n) is 2.41. The summed E-state index contributed by atoms with van der Waals surface area (Å²) in [4.78, 5) is 10.8. The first kappa shape index (κ1) is 16.8. The van der Waals surface area contributed by atoms with E-state index in [0.29, 0.717) is 6.54 Å². The fraction of sp³-hybridized carbons (Fsp3) is 0.333. The van der Waals surface area contributed by atoms with E-state index in [4.69, 9.17) is 0 Å². The molecule has 2 rings (SSSR count). The van der Waals surface area contributed by atoms with Crippen LogP contribution in [0.3, 0.4) is 0 Å². The monoisotopic (exact) mass is 311 g/mol. The zero-order valence-corrected chi connectivity index (χ0v) is 14.1. The van der Waals surface area contributed by atoms with Crippen LogP contribution in [-0.4, -0.2) is 29.6 Å². The van der Waals surface area contributed by atoms with Gasteiger partial charge in [0.15, 0.2) is 0 Å². The maximum Gasteiger partial charge on any atom is 0.135 e. The highest BCUT2D eigenvalue weighted by molar-refractivity contribution is 5.66. The first-order chi connectivity index (χ1) is 11.2. The third-order valence-corrected chi connectivity index (χ3v) is 3.70. The molecule has 0 spiro atoms. The molecule has 0 radical (unpaired) electrons. The number of aromatic nitrogens is 2. The van der Waals surface area contributed by atoms with Crippen molar-refractivity contribution < 1.29 is 0 Å². The van der Waals surface area contributed by atoms with E-state index in [0.717, 1.165) is 30.4 Å². The van der Waals surface area contributed by atoms with Crippen molar-refractivity contribution in [2.24, 2.45) is 0 Å². The Kier molecular flexibility index (Phi) is 5.97. The largest absolute Gasteiger partial charge is 0.372 e. The second kappa shape index (κ2) is 8.17. The van der Waals surface area contributed by atoms with Crippen molar-refractivity contribution in [1.82, 2.24) is 9.97 Å². The van der Waals surface area contributed by atoms with Crippen LogP contribution in [0.2, 0.25) is 0 Å². The molecule has 0 atom stereocenters. The Hall–Kier alpha value is -2.56. The van der Waals surface area contributed by atoms with Gasteiger partial charge in [-0.3, -0.25) is 0 Å². The normalized spacial score (nSPS) is 10.2. The van der Waals surface area contributed by atoms with Crippen molar-refractivity contribution in [1.29, 1.82) is 0 Å². The average Bonchev–Trinajstić information content (AvgIpc) is 2.57. The molecule has 0 bridgehead atoms. The number of aryl methyl sites for hydroxylation is 1. The summed E-state index contributed by atoms with van der Waals surface area (Å²) >= 11 is 0. The zero-order valence-electron chi connectivity index (χ0n) is 14.1.